The number of hydrogen-bond donors (Lipinski definition) is 1. The summed E-state index contributed by atoms with van der Waals surface area (Å²) < 4.78 is 15.7. The summed E-state index contributed by atoms with van der Waals surface area (Å²) >= 11 is 1.61. The lowest BCUT2D eigenvalue weighted by Gasteiger charge is -2.20. The quantitative estimate of drug-likeness (QED) is 0.710. The monoisotopic (exact) mass is 345 g/mol. The molecule has 0 saturated carbocycles. The Morgan fingerprint density at radius 3 is 2.83 bits per heavy atom. The van der Waals surface area contributed by atoms with E-state index in [9.17, 15) is 9.18 Å². The van der Waals surface area contributed by atoms with Gasteiger partial charge in [-0.25, -0.2) is 14.1 Å². The van der Waals surface area contributed by atoms with Crippen molar-refractivity contribution in [2.24, 2.45) is 5.73 Å². The van der Waals surface area contributed by atoms with Crippen LogP contribution in [-0.2, 0) is 17.9 Å². The van der Waals surface area contributed by atoms with Crippen molar-refractivity contribution in [3.05, 3.63) is 64.6 Å². The third kappa shape index (κ3) is 4.03. The molecule has 1 aromatic carbocycles. The third-order valence-corrected chi connectivity index (χ3v) is 4.28. The molecule has 124 valence electrons. The van der Waals surface area contributed by atoms with Gasteiger partial charge in [0.1, 0.15) is 24.2 Å². The van der Waals surface area contributed by atoms with Crippen LogP contribution in [-0.4, -0.2) is 32.1 Å². The number of carbonyl (C=O) groups is 1. The Morgan fingerprint density at radius 1 is 1.33 bits per heavy atom. The molecule has 2 N–H and O–H groups in total. The van der Waals surface area contributed by atoms with Crippen LogP contribution in [0.2, 0.25) is 0 Å². The van der Waals surface area contributed by atoms with Crippen LogP contribution in [0, 0.1) is 5.82 Å². The molecular formula is C16H16FN5OS. The van der Waals surface area contributed by atoms with Crippen LogP contribution < -0.4 is 5.73 Å². The lowest BCUT2D eigenvalue weighted by atomic mass is 10.1. The highest BCUT2D eigenvalue weighted by Crippen LogP contribution is 2.18. The summed E-state index contributed by atoms with van der Waals surface area (Å²) in [6, 6.07) is 8.84. The number of nitrogens with two attached hydrogens (primary N) is 1. The fraction of sp³-hybridized carbons (Fsp3) is 0.188. The minimum atomic E-state index is -0.411. The van der Waals surface area contributed by atoms with E-state index in [0.29, 0.717) is 18.8 Å². The third-order valence-electron chi connectivity index (χ3n) is 3.42. The number of primary amides is 1. The highest BCUT2D eigenvalue weighted by atomic mass is 32.1. The molecule has 3 rings (SSSR count). The molecule has 2 aromatic heterocycles. The van der Waals surface area contributed by atoms with Crippen LogP contribution in [0.1, 0.15) is 10.4 Å². The van der Waals surface area contributed by atoms with Gasteiger partial charge < -0.3 is 5.73 Å². The van der Waals surface area contributed by atoms with Crippen LogP contribution in [0.4, 0.5) is 4.39 Å². The van der Waals surface area contributed by atoms with Crippen molar-refractivity contribution in [3.8, 4) is 5.69 Å². The van der Waals surface area contributed by atoms with E-state index in [-0.39, 0.29) is 6.54 Å². The van der Waals surface area contributed by atoms with E-state index in [0.717, 1.165) is 10.4 Å². The van der Waals surface area contributed by atoms with Crippen LogP contribution in [0.5, 0.6) is 0 Å². The number of nitrogens with zero attached hydrogens (tertiary/aromatic N) is 4. The summed E-state index contributed by atoms with van der Waals surface area (Å²) in [6.45, 7) is 1.13. The summed E-state index contributed by atoms with van der Waals surface area (Å²) in [7, 11) is 0. The summed E-state index contributed by atoms with van der Waals surface area (Å²) in [5.41, 5.74) is 6.41. The van der Waals surface area contributed by atoms with Gasteiger partial charge in [-0.05, 0) is 29.1 Å². The molecule has 24 heavy (non-hydrogen) atoms. The van der Waals surface area contributed by atoms with Gasteiger partial charge in [0, 0.05) is 18.0 Å². The van der Waals surface area contributed by atoms with Crippen LogP contribution in [0.25, 0.3) is 5.69 Å². The second kappa shape index (κ2) is 7.33. The molecule has 0 saturated heterocycles. The van der Waals surface area contributed by atoms with Gasteiger partial charge in [-0.1, -0.05) is 12.1 Å². The van der Waals surface area contributed by atoms with Crippen molar-refractivity contribution in [3.63, 3.8) is 0 Å². The van der Waals surface area contributed by atoms with Crippen molar-refractivity contribution in [2.45, 2.75) is 13.1 Å². The lowest BCUT2D eigenvalue weighted by Crippen LogP contribution is -2.32. The summed E-state index contributed by atoms with van der Waals surface area (Å²) in [4.78, 5) is 18.1. The SMILES string of the molecule is NC(=O)CN(Cc1ccc(-n2cncn2)c(F)c1)Cc1cccs1. The average molecular weight is 345 g/mol. The Hall–Kier alpha value is -2.58. The average Bonchev–Trinajstić information content (AvgIpc) is 3.20. The number of thiophene rings is 1. The Balaban J connectivity index is 1.76. The van der Waals surface area contributed by atoms with Crippen molar-refractivity contribution in [1.29, 1.82) is 0 Å². The number of carbonyl (C=O) groups excluding carboxylic acids is 1. The smallest absolute Gasteiger partial charge is 0.231 e. The lowest BCUT2D eigenvalue weighted by molar-refractivity contribution is -0.119. The van der Waals surface area contributed by atoms with Gasteiger partial charge in [-0.3, -0.25) is 9.69 Å². The standard InChI is InChI=1S/C16H16FN5OS/c17-14-6-12(3-4-15(14)22-11-19-10-20-22)7-21(9-16(18)23)8-13-2-1-5-24-13/h1-6,10-11H,7-9H2,(H2,18,23). The molecule has 8 heteroatoms. The fourth-order valence-corrected chi connectivity index (χ4v) is 3.18. The molecule has 0 atom stereocenters. The highest BCUT2D eigenvalue weighted by molar-refractivity contribution is 7.09. The zero-order valence-corrected chi connectivity index (χ0v) is 13.6. The van der Waals surface area contributed by atoms with E-state index >= 15 is 0 Å². The minimum Gasteiger partial charge on any atom is -0.369 e. The van der Waals surface area contributed by atoms with Gasteiger partial charge in [0.15, 0.2) is 0 Å². The molecule has 0 unspecified atom stereocenters. The maximum atomic E-state index is 14.3. The number of rotatable bonds is 7. The van der Waals surface area contributed by atoms with E-state index in [1.54, 1.807) is 17.4 Å². The molecule has 0 spiro atoms. The van der Waals surface area contributed by atoms with Crippen LogP contribution >= 0.6 is 11.3 Å². The molecule has 0 aliphatic heterocycles. The number of hydrogen-bond acceptors (Lipinski definition) is 5. The summed E-state index contributed by atoms with van der Waals surface area (Å²) in [5, 5.41) is 5.90. The van der Waals surface area contributed by atoms with Gasteiger partial charge in [-0.15, -0.1) is 11.3 Å². The van der Waals surface area contributed by atoms with Crippen molar-refractivity contribution in [1.82, 2.24) is 19.7 Å². The molecule has 0 bridgehead atoms. The van der Waals surface area contributed by atoms with Gasteiger partial charge in [-0.2, -0.15) is 5.10 Å². The molecule has 0 aliphatic carbocycles. The first-order valence-electron chi connectivity index (χ1n) is 7.28. The van der Waals surface area contributed by atoms with E-state index in [2.05, 4.69) is 10.1 Å². The molecular weight excluding hydrogens is 329 g/mol. The van der Waals surface area contributed by atoms with Gasteiger partial charge in [0.2, 0.25) is 5.91 Å². The fourth-order valence-electron chi connectivity index (χ4n) is 2.44. The first-order valence-corrected chi connectivity index (χ1v) is 8.16. The van der Waals surface area contributed by atoms with Gasteiger partial charge >= 0.3 is 0 Å². The van der Waals surface area contributed by atoms with E-state index in [1.807, 2.05) is 28.5 Å². The Morgan fingerprint density at radius 2 is 2.21 bits per heavy atom. The van der Waals surface area contributed by atoms with Crippen molar-refractivity contribution < 1.29 is 9.18 Å². The zero-order chi connectivity index (χ0) is 16.9. The largest absolute Gasteiger partial charge is 0.369 e. The zero-order valence-electron chi connectivity index (χ0n) is 12.8. The van der Waals surface area contributed by atoms with Gasteiger partial charge in [0.25, 0.3) is 0 Å². The molecule has 0 radical (unpaired) electrons. The van der Waals surface area contributed by atoms with E-state index in [1.165, 1.54) is 23.4 Å². The molecule has 2 heterocycles. The number of aromatic nitrogens is 3. The summed E-state index contributed by atoms with van der Waals surface area (Å²) in [5.74, 6) is -0.806. The highest BCUT2D eigenvalue weighted by Gasteiger charge is 2.13. The predicted molar refractivity (Wildman–Crippen MR) is 88.9 cm³/mol. The Kier molecular flexibility index (Phi) is 4.97. The maximum Gasteiger partial charge on any atom is 0.231 e. The van der Waals surface area contributed by atoms with Crippen molar-refractivity contribution in [2.75, 3.05) is 6.54 Å². The second-order valence-electron chi connectivity index (χ2n) is 5.32. The van der Waals surface area contributed by atoms with Gasteiger partial charge in [0.05, 0.1) is 6.54 Å². The van der Waals surface area contributed by atoms with E-state index < -0.39 is 11.7 Å². The summed E-state index contributed by atoms with van der Waals surface area (Å²) in [6.07, 6.45) is 2.79. The first kappa shape index (κ1) is 16.3. The maximum absolute atomic E-state index is 14.3. The van der Waals surface area contributed by atoms with Crippen molar-refractivity contribution >= 4 is 17.2 Å². The molecule has 1 amide bonds. The van der Waals surface area contributed by atoms with Crippen LogP contribution in [0.15, 0.2) is 48.4 Å². The first-order chi connectivity index (χ1) is 11.6. The molecule has 6 nitrogen and oxygen atoms in total. The molecule has 0 aliphatic rings. The number of benzene rings is 1. The normalized spacial score (nSPS) is 11.1. The predicted octanol–water partition coefficient (Wildman–Crippen LogP) is 1.96. The molecule has 3 aromatic rings. The topological polar surface area (TPSA) is 77.0 Å². The number of amides is 1. The Bertz CT molecular complexity index is 804. The second-order valence-corrected chi connectivity index (χ2v) is 6.35. The number of halogens is 1. The Labute approximate surface area is 142 Å². The molecule has 0 fully saturated rings. The van der Waals surface area contributed by atoms with E-state index in [4.69, 9.17) is 5.73 Å². The minimum absolute atomic E-state index is 0.115. The van der Waals surface area contributed by atoms with Crippen LogP contribution in [0.3, 0.4) is 0 Å².